The molecule has 0 radical (unpaired) electrons. The van der Waals surface area contributed by atoms with Gasteiger partial charge in [-0.3, -0.25) is 0 Å². The molecule has 1 aromatic carbocycles. The van der Waals surface area contributed by atoms with E-state index in [1.54, 1.807) is 12.1 Å². The van der Waals surface area contributed by atoms with Crippen molar-refractivity contribution < 1.29 is 17.9 Å². The first-order chi connectivity index (χ1) is 8.01. The standard InChI is InChI=1S/C12H16F3NO/c1-2-3-4-9-16-10-5-7-11(8-6-10)17-12(13,14)15/h5-8,16H,2-4,9H2,1H3. The van der Waals surface area contributed by atoms with Gasteiger partial charge < -0.3 is 10.1 Å². The fourth-order valence-corrected chi connectivity index (χ4v) is 1.38. The van der Waals surface area contributed by atoms with Gasteiger partial charge in [0, 0.05) is 12.2 Å². The first kappa shape index (κ1) is 13.7. The van der Waals surface area contributed by atoms with E-state index in [1.807, 2.05) is 0 Å². The number of halogens is 3. The second kappa shape index (κ2) is 6.37. The Labute approximate surface area is 98.8 Å². The first-order valence-electron chi connectivity index (χ1n) is 5.61. The van der Waals surface area contributed by atoms with E-state index in [9.17, 15) is 13.2 Å². The van der Waals surface area contributed by atoms with Gasteiger partial charge in [-0.15, -0.1) is 13.2 Å². The van der Waals surface area contributed by atoms with Crippen molar-refractivity contribution in [3.05, 3.63) is 24.3 Å². The highest BCUT2D eigenvalue weighted by molar-refractivity contribution is 5.46. The highest BCUT2D eigenvalue weighted by Gasteiger charge is 2.30. The van der Waals surface area contributed by atoms with Crippen molar-refractivity contribution >= 4 is 5.69 Å². The predicted molar refractivity (Wildman–Crippen MR) is 61.1 cm³/mol. The van der Waals surface area contributed by atoms with Gasteiger partial charge in [0.2, 0.25) is 0 Å². The van der Waals surface area contributed by atoms with Crippen molar-refractivity contribution in [3.63, 3.8) is 0 Å². The summed E-state index contributed by atoms with van der Waals surface area (Å²) in [7, 11) is 0. The van der Waals surface area contributed by atoms with Gasteiger partial charge in [0.25, 0.3) is 0 Å². The number of alkyl halides is 3. The molecule has 0 amide bonds. The van der Waals surface area contributed by atoms with Crippen LogP contribution in [-0.4, -0.2) is 12.9 Å². The molecule has 0 bridgehead atoms. The minimum Gasteiger partial charge on any atom is -0.406 e. The third kappa shape index (κ3) is 6.04. The summed E-state index contributed by atoms with van der Waals surface area (Å²) in [6.45, 7) is 2.94. The Hall–Kier alpha value is -1.39. The Morgan fingerprint density at radius 1 is 1.12 bits per heavy atom. The largest absolute Gasteiger partial charge is 0.573 e. The number of hydrogen-bond donors (Lipinski definition) is 1. The lowest BCUT2D eigenvalue weighted by atomic mass is 10.2. The molecule has 2 nitrogen and oxygen atoms in total. The summed E-state index contributed by atoms with van der Waals surface area (Å²) in [6.07, 6.45) is -1.30. The van der Waals surface area contributed by atoms with Crippen LogP contribution in [0.1, 0.15) is 26.2 Å². The van der Waals surface area contributed by atoms with Crippen molar-refractivity contribution in [1.29, 1.82) is 0 Å². The topological polar surface area (TPSA) is 21.3 Å². The van der Waals surface area contributed by atoms with E-state index >= 15 is 0 Å². The van der Waals surface area contributed by atoms with Crippen molar-refractivity contribution in [3.8, 4) is 5.75 Å². The van der Waals surface area contributed by atoms with Crippen molar-refractivity contribution in [2.24, 2.45) is 0 Å². The number of nitrogens with one attached hydrogen (secondary N) is 1. The van der Waals surface area contributed by atoms with Gasteiger partial charge in [-0.05, 0) is 30.7 Å². The molecule has 0 aliphatic carbocycles. The molecule has 0 atom stereocenters. The van der Waals surface area contributed by atoms with Crippen molar-refractivity contribution in [2.75, 3.05) is 11.9 Å². The summed E-state index contributed by atoms with van der Waals surface area (Å²) in [6, 6.07) is 5.76. The predicted octanol–water partition coefficient (Wildman–Crippen LogP) is 4.19. The maximum atomic E-state index is 11.9. The number of benzene rings is 1. The molecule has 0 spiro atoms. The molecule has 0 aliphatic rings. The summed E-state index contributed by atoms with van der Waals surface area (Å²) in [4.78, 5) is 0. The molecule has 96 valence electrons. The number of anilines is 1. The van der Waals surface area contributed by atoms with Crippen LogP contribution < -0.4 is 10.1 Å². The van der Waals surface area contributed by atoms with Crippen LogP contribution >= 0.6 is 0 Å². The van der Waals surface area contributed by atoms with E-state index in [1.165, 1.54) is 12.1 Å². The Morgan fingerprint density at radius 3 is 2.29 bits per heavy atom. The Kier molecular flexibility index (Phi) is 5.12. The molecule has 0 saturated heterocycles. The van der Waals surface area contributed by atoms with Crippen LogP contribution in [0.15, 0.2) is 24.3 Å². The average molecular weight is 247 g/mol. The lowest BCUT2D eigenvalue weighted by molar-refractivity contribution is -0.274. The van der Waals surface area contributed by atoms with Gasteiger partial charge in [0.1, 0.15) is 5.75 Å². The second-order valence-corrected chi connectivity index (χ2v) is 3.71. The summed E-state index contributed by atoms with van der Waals surface area (Å²) in [5.74, 6) is -0.198. The zero-order valence-corrected chi connectivity index (χ0v) is 9.68. The molecule has 0 aromatic heterocycles. The van der Waals surface area contributed by atoms with Crippen LogP contribution in [0, 0.1) is 0 Å². The summed E-state index contributed by atoms with van der Waals surface area (Å²) >= 11 is 0. The van der Waals surface area contributed by atoms with Gasteiger partial charge in [0.05, 0.1) is 0 Å². The van der Waals surface area contributed by atoms with E-state index in [0.29, 0.717) is 0 Å². The SMILES string of the molecule is CCCCCNc1ccc(OC(F)(F)F)cc1. The highest BCUT2D eigenvalue weighted by atomic mass is 19.4. The van der Waals surface area contributed by atoms with Crippen LogP contribution in [0.5, 0.6) is 5.75 Å². The molecule has 1 aromatic rings. The minimum atomic E-state index is -4.63. The van der Waals surface area contributed by atoms with E-state index in [-0.39, 0.29) is 5.75 Å². The van der Waals surface area contributed by atoms with E-state index < -0.39 is 6.36 Å². The quantitative estimate of drug-likeness (QED) is 0.761. The Balaban J connectivity index is 2.39. The van der Waals surface area contributed by atoms with Crippen LogP contribution in [0.2, 0.25) is 0 Å². The van der Waals surface area contributed by atoms with Crippen molar-refractivity contribution in [1.82, 2.24) is 0 Å². The molecule has 17 heavy (non-hydrogen) atoms. The third-order valence-corrected chi connectivity index (χ3v) is 2.20. The summed E-state index contributed by atoms with van der Waals surface area (Å²) in [5, 5.41) is 3.13. The Morgan fingerprint density at radius 2 is 1.76 bits per heavy atom. The van der Waals surface area contributed by atoms with E-state index in [4.69, 9.17) is 0 Å². The van der Waals surface area contributed by atoms with E-state index in [0.717, 1.165) is 31.5 Å². The molecular weight excluding hydrogens is 231 g/mol. The van der Waals surface area contributed by atoms with Crippen LogP contribution in [0.3, 0.4) is 0 Å². The van der Waals surface area contributed by atoms with Gasteiger partial charge in [-0.25, -0.2) is 0 Å². The van der Waals surface area contributed by atoms with E-state index in [2.05, 4.69) is 17.0 Å². The zero-order valence-electron chi connectivity index (χ0n) is 9.68. The highest BCUT2D eigenvalue weighted by Crippen LogP contribution is 2.23. The number of hydrogen-bond acceptors (Lipinski definition) is 2. The molecule has 0 unspecified atom stereocenters. The molecule has 1 N–H and O–H groups in total. The van der Waals surface area contributed by atoms with Crippen LogP contribution in [0.25, 0.3) is 0 Å². The first-order valence-corrected chi connectivity index (χ1v) is 5.61. The van der Waals surface area contributed by atoms with Crippen LogP contribution in [0.4, 0.5) is 18.9 Å². The maximum Gasteiger partial charge on any atom is 0.573 e. The van der Waals surface area contributed by atoms with Gasteiger partial charge in [-0.1, -0.05) is 19.8 Å². The van der Waals surface area contributed by atoms with Gasteiger partial charge in [-0.2, -0.15) is 0 Å². The zero-order chi connectivity index (χ0) is 12.7. The van der Waals surface area contributed by atoms with Gasteiger partial charge >= 0.3 is 6.36 Å². The molecule has 1 rings (SSSR count). The second-order valence-electron chi connectivity index (χ2n) is 3.71. The monoisotopic (exact) mass is 247 g/mol. The average Bonchev–Trinajstić information content (AvgIpc) is 2.25. The smallest absolute Gasteiger partial charge is 0.406 e. The molecular formula is C12H16F3NO. The third-order valence-electron chi connectivity index (χ3n) is 2.20. The maximum absolute atomic E-state index is 11.9. The molecule has 0 heterocycles. The summed E-state index contributed by atoms with van der Waals surface area (Å²) < 4.78 is 39.4. The van der Waals surface area contributed by atoms with Gasteiger partial charge in [0.15, 0.2) is 0 Å². The molecule has 0 fully saturated rings. The number of unbranched alkanes of at least 4 members (excludes halogenated alkanes) is 2. The fraction of sp³-hybridized carbons (Fsp3) is 0.500. The number of rotatable bonds is 6. The fourth-order valence-electron chi connectivity index (χ4n) is 1.38. The van der Waals surface area contributed by atoms with Crippen molar-refractivity contribution in [2.45, 2.75) is 32.5 Å². The normalized spacial score (nSPS) is 11.3. The lowest BCUT2D eigenvalue weighted by Gasteiger charge is -2.10. The summed E-state index contributed by atoms with van der Waals surface area (Å²) in [5.41, 5.74) is 0.802. The molecule has 0 aliphatic heterocycles. The van der Waals surface area contributed by atoms with Crippen LogP contribution in [-0.2, 0) is 0 Å². The lowest BCUT2D eigenvalue weighted by Crippen LogP contribution is -2.17. The number of ether oxygens (including phenoxy) is 1. The minimum absolute atomic E-state index is 0.198. The molecule has 5 heteroatoms. The Bertz CT molecular complexity index is 322. The molecule has 0 saturated carbocycles.